The Hall–Kier alpha value is -3.62. The number of benzene rings is 3. The number of allylic oxidation sites excluding steroid dienone is 1. The molecule has 3 aromatic rings. The quantitative estimate of drug-likeness (QED) is 0.355. The van der Waals surface area contributed by atoms with E-state index in [1.165, 1.54) is 24.3 Å². The van der Waals surface area contributed by atoms with Crippen LogP contribution in [0.3, 0.4) is 0 Å². The molecule has 164 valence electrons. The van der Waals surface area contributed by atoms with Crippen molar-refractivity contribution in [3.8, 4) is 0 Å². The summed E-state index contributed by atoms with van der Waals surface area (Å²) in [6.45, 7) is 0. The van der Waals surface area contributed by atoms with Crippen molar-refractivity contribution in [2.45, 2.75) is 18.3 Å². The Labute approximate surface area is 177 Å². The van der Waals surface area contributed by atoms with Gasteiger partial charge in [-0.3, -0.25) is 10.2 Å². The summed E-state index contributed by atoms with van der Waals surface area (Å²) < 4.78 is 83.6. The standard InChI is InChI=1S/C23H13F6NO2/c24-22(25,26)15-6-2-5-14(9-15)19-20(31)18(32-21(19)30)10-13-4-1-3-12-7-8-16(11-17(12)13)23(27,28)29/h1-11,19,30H. The molecule has 0 spiro atoms. The van der Waals surface area contributed by atoms with Gasteiger partial charge in [-0.15, -0.1) is 0 Å². The molecule has 3 aromatic carbocycles. The summed E-state index contributed by atoms with van der Waals surface area (Å²) in [5.41, 5.74) is -1.66. The van der Waals surface area contributed by atoms with Gasteiger partial charge >= 0.3 is 12.4 Å². The molecule has 0 saturated carbocycles. The highest BCUT2D eigenvalue weighted by Crippen LogP contribution is 2.37. The number of nitrogens with one attached hydrogen (secondary N) is 1. The fourth-order valence-electron chi connectivity index (χ4n) is 3.53. The molecule has 1 aliphatic rings. The maximum Gasteiger partial charge on any atom is 0.416 e. The third-order valence-corrected chi connectivity index (χ3v) is 5.06. The zero-order valence-electron chi connectivity index (χ0n) is 16.0. The van der Waals surface area contributed by atoms with E-state index in [4.69, 9.17) is 10.1 Å². The Morgan fingerprint density at radius 1 is 0.844 bits per heavy atom. The number of alkyl halides is 6. The Balaban J connectivity index is 1.75. The minimum Gasteiger partial charge on any atom is -0.439 e. The van der Waals surface area contributed by atoms with Crippen LogP contribution in [0.5, 0.6) is 0 Å². The van der Waals surface area contributed by atoms with Crippen LogP contribution in [0.1, 0.15) is 28.2 Å². The highest BCUT2D eigenvalue weighted by molar-refractivity contribution is 6.20. The van der Waals surface area contributed by atoms with Crippen molar-refractivity contribution < 1.29 is 35.9 Å². The van der Waals surface area contributed by atoms with Gasteiger partial charge in [0.15, 0.2) is 5.76 Å². The zero-order valence-corrected chi connectivity index (χ0v) is 16.0. The number of carbonyl (C=O) groups is 1. The Morgan fingerprint density at radius 2 is 1.50 bits per heavy atom. The van der Waals surface area contributed by atoms with E-state index < -0.39 is 41.1 Å². The van der Waals surface area contributed by atoms with Crippen LogP contribution in [0, 0.1) is 5.41 Å². The van der Waals surface area contributed by atoms with Crippen molar-refractivity contribution in [2.75, 3.05) is 0 Å². The smallest absolute Gasteiger partial charge is 0.416 e. The van der Waals surface area contributed by atoms with Crippen LogP contribution in [-0.2, 0) is 21.9 Å². The first-order valence-corrected chi connectivity index (χ1v) is 9.24. The molecule has 1 unspecified atom stereocenters. The lowest BCUT2D eigenvalue weighted by Crippen LogP contribution is -2.14. The number of ether oxygens (including phenoxy) is 1. The van der Waals surface area contributed by atoms with Crippen LogP contribution in [0.2, 0.25) is 0 Å². The summed E-state index contributed by atoms with van der Waals surface area (Å²) in [7, 11) is 0. The number of ketones is 1. The molecule has 0 aromatic heterocycles. The molecule has 4 rings (SSSR count). The van der Waals surface area contributed by atoms with Crippen LogP contribution in [0.4, 0.5) is 26.3 Å². The zero-order chi connectivity index (χ0) is 23.3. The molecule has 1 N–H and O–H groups in total. The van der Waals surface area contributed by atoms with Gasteiger partial charge < -0.3 is 4.74 Å². The van der Waals surface area contributed by atoms with Crippen LogP contribution in [0.15, 0.2) is 66.4 Å². The van der Waals surface area contributed by atoms with Gasteiger partial charge in [0.25, 0.3) is 0 Å². The first kappa shape index (κ1) is 21.6. The highest BCUT2D eigenvalue weighted by atomic mass is 19.4. The Kier molecular flexibility index (Phi) is 5.07. The molecule has 1 heterocycles. The van der Waals surface area contributed by atoms with Gasteiger partial charge in [-0.2, -0.15) is 26.3 Å². The summed E-state index contributed by atoms with van der Waals surface area (Å²) in [6, 6.07) is 11.9. The van der Waals surface area contributed by atoms with E-state index in [-0.39, 0.29) is 22.3 Å². The van der Waals surface area contributed by atoms with Crippen molar-refractivity contribution in [1.29, 1.82) is 5.41 Å². The second-order valence-corrected chi connectivity index (χ2v) is 7.18. The van der Waals surface area contributed by atoms with E-state index in [1.54, 1.807) is 12.1 Å². The van der Waals surface area contributed by atoms with E-state index >= 15 is 0 Å². The second-order valence-electron chi connectivity index (χ2n) is 7.18. The molecule has 1 fully saturated rings. The lowest BCUT2D eigenvalue weighted by atomic mass is 9.93. The van der Waals surface area contributed by atoms with Crippen molar-refractivity contribution >= 4 is 28.5 Å². The van der Waals surface area contributed by atoms with E-state index in [9.17, 15) is 31.1 Å². The Morgan fingerprint density at radius 3 is 2.19 bits per heavy atom. The van der Waals surface area contributed by atoms with E-state index in [0.717, 1.165) is 30.3 Å². The largest absolute Gasteiger partial charge is 0.439 e. The molecule has 32 heavy (non-hydrogen) atoms. The molecule has 9 heteroatoms. The van der Waals surface area contributed by atoms with Crippen molar-refractivity contribution in [3.63, 3.8) is 0 Å². The third-order valence-electron chi connectivity index (χ3n) is 5.06. The number of rotatable bonds is 2. The molecule has 3 nitrogen and oxygen atoms in total. The van der Waals surface area contributed by atoms with Crippen molar-refractivity contribution in [3.05, 3.63) is 88.7 Å². The van der Waals surface area contributed by atoms with Gasteiger partial charge in [-0.05, 0) is 46.2 Å². The molecule has 1 saturated heterocycles. The molecule has 0 radical (unpaired) electrons. The van der Waals surface area contributed by atoms with Gasteiger partial charge in [0, 0.05) is 0 Å². The first-order valence-electron chi connectivity index (χ1n) is 9.24. The maximum absolute atomic E-state index is 13.1. The lowest BCUT2D eigenvalue weighted by molar-refractivity contribution is -0.138. The van der Waals surface area contributed by atoms with E-state index in [1.807, 2.05) is 0 Å². The van der Waals surface area contributed by atoms with Crippen LogP contribution in [-0.4, -0.2) is 11.7 Å². The van der Waals surface area contributed by atoms with E-state index in [2.05, 4.69) is 0 Å². The summed E-state index contributed by atoms with van der Waals surface area (Å²) >= 11 is 0. The minimum atomic E-state index is -4.63. The summed E-state index contributed by atoms with van der Waals surface area (Å²) in [4.78, 5) is 12.8. The number of halogens is 6. The van der Waals surface area contributed by atoms with Crippen LogP contribution >= 0.6 is 0 Å². The average molecular weight is 449 g/mol. The lowest BCUT2D eigenvalue weighted by Gasteiger charge is -2.10. The maximum atomic E-state index is 13.1. The van der Waals surface area contributed by atoms with Gasteiger partial charge in [-0.1, -0.05) is 42.5 Å². The second kappa shape index (κ2) is 7.51. The first-order chi connectivity index (χ1) is 14.9. The van der Waals surface area contributed by atoms with Crippen molar-refractivity contribution in [1.82, 2.24) is 0 Å². The SMILES string of the molecule is N=C1OC(=Cc2cccc3ccc(C(F)(F)F)cc23)C(=O)C1c1cccc(C(F)(F)F)c1. The number of fused-ring (bicyclic) bond motifs is 1. The van der Waals surface area contributed by atoms with Gasteiger partial charge in [0.2, 0.25) is 11.7 Å². The normalized spacial score (nSPS) is 18.4. The van der Waals surface area contributed by atoms with Crippen LogP contribution in [0.25, 0.3) is 16.8 Å². The van der Waals surface area contributed by atoms with Gasteiger partial charge in [0.05, 0.1) is 11.1 Å². The molecule has 0 bridgehead atoms. The summed E-state index contributed by atoms with van der Waals surface area (Å²) in [5, 5.41) is 8.66. The highest BCUT2D eigenvalue weighted by Gasteiger charge is 2.40. The van der Waals surface area contributed by atoms with Crippen LogP contribution < -0.4 is 0 Å². The molecular formula is C23H13F6NO2. The van der Waals surface area contributed by atoms with Gasteiger partial charge in [-0.25, -0.2) is 0 Å². The predicted molar refractivity (Wildman–Crippen MR) is 105 cm³/mol. The number of Topliss-reactive ketones (excluding diaryl/α,β-unsaturated/α-hetero) is 1. The van der Waals surface area contributed by atoms with E-state index in [0.29, 0.717) is 5.39 Å². The molecule has 1 atom stereocenters. The minimum absolute atomic E-state index is 0.0597. The topological polar surface area (TPSA) is 50.1 Å². The number of carbonyl (C=O) groups excluding carboxylic acids is 1. The number of hydrogen-bond acceptors (Lipinski definition) is 3. The summed E-state index contributed by atoms with van der Waals surface area (Å²) in [5.74, 6) is -3.01. The monoisotopic (exact) mass is 449 g/mol. The molecule has 0 aliphatic carbocycles. The fourth-order valence-corrected chi connectivity index (χ4v) is 3.53. The average Bonchev–Trinajstić information content (AvgIpc) is 2.99. The molecule has 1 aliphatic heterocycles. The Bertz CT molecular complexity index is 1270. The third kappa shape index (κ3) is 3.98. The molecule has 0 amide bonds. The van der Waals surface area contributed by atoms with Crippen molar-refractivity contribution in [2.24, 2.45) is 0 Å². The van der Waals surface area contributed by atoms with Gasteiger partial charge in [0.1, 0.15) is 5.92 Å². The summed E-state index contributed by atoms with van der Waals surface area (Å²) in [6.07, 6.45) is -7.99. The molecular weight excluding hydrogens is 436 g/mol. The predicted octanol–water partition coefficient (Wildman–Crippen LogP) is 6.58. The fraction of sp³-hybridized carbons (Fsp3) is 0.130. The number of hydrogen-bond donors (Lipinski definition) is 1.